The quantitative estimate of drug-likeness (QED) is 0.449. The largest absolute Gasteiger partial charge is 0.444 e. The number of rotatable bonds is 9. The van der Waals surface area contributed by atoms with Crippen LogP contribution in [-0.2, 0) is 27.2 Å². The van der Waals surface area contributed by atoms with Crippen LogP contribution >= 0.6 is 0 Å². The number of amides is 3. The summed E-state index contributed by atoms with van der Waals surface area (Å²) < 4.78 is 47.3. The van der Waals surface area contributed by atoms with Crippen molar-refractivity contribution in [3.63, 3.8) is 0 Å². The molecule has 11 heteroatoms. The van der Waals surface area contributed by atoms with Gasteiger partial charge < -0.3 is 20.3 Å². The van der Waals surface area contributed by atoms with Crippen LogP contribution in [0.5, 0.6) is 0 Å². The van der Waals surface area contributed by atoms with Crippen LogP contribution in [0.1, 0.15) is 51.2 Å². The van der Waals surface area contributed by atoms with Crippen LogP contribution in [0, 0.1) is 28.8 Å². The summed E-state index contributed by atoms with van der Waals surface area (Å²) in [7, 11) is 0. The lowest BCUT2D eigenvalue weighted by molar-refractivity contribution is -0.132. The van der Waals surface area contributed by atoms with Gasteiger partial charge in [0.15, 0.2) is 11.6 Å². The SMILES string of the molecule is CC(C)(C)OC(=O)NC(Cc1ccccc1)C(=O)NC(CC(=O)N1CCCC1C#N)Cc1cc(F)c(F)cc1F. The van der Waals surface area contributed by atoms with Crippen LogP contribution < -0.4 is 10.6 Å². The van der Waals surface area contributed by atoms with E-state index in [1.807, 2.05) is 0 Å². The van der Waals surface area contributed by atoms with Crippen molar-refractivity contribution in [2.75, 3.05) is 6.54 Å². The van der Waals surface area contributed by atoms with Gasteiger partial charge in [0.1, 0.15) is 23.5 Å². The van der Waals surface area contributed by atoms with Gasteiger partial charge in [-0.25, -0.2) is 18.0 Å². The summed E-state index contributed by atoms with van der Waals surface area (Å²) in [5.41, 5.74) is -0.342. The molecule has 8 nitrogen and oxygen atoms in total. The molecule has 0 radical (unpaired) electrons. The smallest absolute Gasteiger partial charge is 0.408 e. The van der Waals surface area contributed by atoms with E-state index >= 15 is 0 Å². The summed E-state index contributed by atoms with van der Waals surface area (Å²) in [5.74, 6) is -4.80. The number of halogens is 3. The van der Waals surface area contributed by atoms with Crippen molar-refractivity contribution in [1.82, 2.24) is 15.5 Å². The van der Waals surface area contributed by atoms with Crippen LogP contribution in [0.25, 0.3) is 0 Å². The number of nitrogens with zero attached hydrogens (tertiary/aromatic N) is 2. The second kappa shape index (κ2) is 13.3. The van der Waals surface area contributed by atoms with Gasteiger partial charge in [0.2, 0.25) is 11.8 Å². The number of ether oxygens (including phenoxy) is 1. The van der Waals surface area contributed by atoms with E-state index in [2.05, 4.69) is 16.7 Å². The normalized spacial score (nSPS) is 16.5. The van der Waals surface area contributed by atoms with E-state index in [0.717, 1.165) is 5.56 Å². The van der Waals surface area contributed by atoms with Gasteiger partial charge in [0.05, 0.1) is 6.07 Å². The lowest BCUT2D eigenvalue weighted by Crippen LogP contribution is -2.53. The molecule has 1 aliphatic heterocycles. The second-order valence-electron chi connectivity index (χ2n) is 10.7. The van der Waals surface area contributed by atoms with Crippen molar-refractivity contribution in [3.8, 4) is 6.07 Å². The summed E-state index contributed by atoms with van der Waals surface area (Å²) in [5, 5.41) is 14.6. The average molecular weight is 559 g/mol. The molecule has 1 heterocycles. The topological polar surface area (TPSA) is 112 Å². The molecule has 0 saturated carbocycles. The summed E-state index contributed by atoms with van der Waals surface area (Å²) in [6.45, 7) is 5.37. The van der Waals surface area contributed by atoms with E-state index in [-0.39, 0.29) is 24.8 Å². The summed E-state index contributed by atoms with van der Waals surface area (Å²) >= 11 is 0. The number of nitrogens with one attached hydrogen (secondary N) is 2. The summed E-state index contributed by atoms with van der Waals surface area (Å²) in [6, 6.07) is 9.22. The Hall–Kier alpha value is -4.07. The summed E-state index contributed by atoms with van der Waals surface area (Å²) in [4.78, 5) is 40.5. The Kier molecular flexibility index (Phi) is 10.2. The molecule has 3 amide bonds. The highest BCUT2D eigenvalue weighted by atomic mass is 19.2. The van der Waals surface area contributed by atoms with Gasteiger partial charge in [-0.1, -0.05) is 30.3 Å². The number of carbonyl (C=O) groups excluding carboxylic acids is 3. The van der Waals surface area contributed by atoms with Crippen LogP contribution in [0.3, 0.4) is 0 Å². The highest BCUT2D eigenvalue weighted by Gasteiger charge is 2.32. The molecule has 2 aromatic rings. The third-order valence-corrected chi connectivity index (χ3v) is 6.34. The van der Waals surface area contributed by atoms with Crippen molar-refractivity contribution >= 4 is 17.9 Å². The number of nitriles is 1. The third-order valence-electron chi connectivity index (χ3n) is 6.34. The molecule has 40 heavy (non-hydrogen) atoms. The maximum atomic E-state index is 14.5. The molecule has 0 spiro atoms. The Morgan fingerprint density at radius 1 is 1.05 bits per heavy atom. The van der Waals surface area contributed by atoms with Crippen LogP contribution in [-0.4, -0.2) is 53.1 Å². The van der Waals surface area contributed by atoms with Crippen molar-refractivity contribution < 1.29 is 32.3 Å². The number of hydrogen-bond donors (Lipinski definition) is 2. The lowest BCUT2D eigenvalue weighted by Gasteiger charge is -2.27. The molecule has 1 saturated heterocycles. The average Bonchev–Trinajstić information content (AvgIpc) is 3.35. The Morgan fingerprint density at radius 3 is 2.38 bits per heavy atom. The first-order valence-electron chi connectivity index (χ1n) is 13.0. The Bertz CT molecular complexity index is 1260. The lowest BCUT2D eigenvalue weighted by atomic mass is 10.00. The molecule has 3 atom stereocenters. The molecule has 1 fully saturated rings. The van der Waals surface area contributed by atoms with E-state index in [1.165, 1.54) is 4.90 Å². The van der Waals surface area contributed by atoms with Gasteiger partial charge >= 0.3 is 6.09 Å². The molecular formula is C29H33F3N4O4. The van der Waals surface area contributed by atoms with Crippen LogP contribution in [0.4, 0.5) is 18.0 Å². The molecule has 214 valence electrons. The molecule has 1 aliphatic rings. The summed E-state index contributed by atoms with van der Waals surface area (Å²) in [6.07, 6.45) is -0.275. The Labute approximate surface area is 231 Å². The zero-order chi connectivity index (χ0) is 29.4. The first-order valence-corrected chi connectivity index (χ1v) is 13.0. The van der Waals surface area contributed by atoms with Gasteiger partial charge in [-0.2, -0.15) is 5.26 Å². The first-order chi connectivity index (χ1) is 18.9. The minimum absolute atomic E-state index is 0.0781. The number of hydrogen-bond acceptors (Lipinski definition) is 5. The van der Waals surface area contributed by atoms with E-state index in [9.17, 15) is 32.8 Å². The van der Waals surface area contributed by atoms with Gasteiger partial charge in [-0.3, -0.25) is 9.59 Å². The fourth-order valence-corrected chi connectivity index (χ4v) is 4.50. The third kappa shape index (κ3) is 8.73. The van der Waals surface area contributed by atoms with Gasteiger partial charge in [-0.05, 0) is 57.2 Å². The molecule has 0 bridgehead atoms. The highest BCUT2D eigenvalue weighted by molar-refractivity contribution is 5.87. The number of alkyl carbamates (subject to hydrolysis) is 1. The Morgan fingerprint density at radius 2 is 1.73 bits per heavy atom. The maximum absolute atomic E-state index is 14.5. The zero-order valence-corrected chi connectivity index (χ0v) is 22.7. The van der Waals surface area contributed by atoms with E-state index in [0.29, 0.717) is 31.5 Å². The fourth-order valence-electron chi connectivity index (χ4n) is 4.50. The van der Waals surface area contributed by atoms with Crippen molar-refractivity contribution in [1.29, 1.82) is 5.26 Å². The minimum atomic E-state index is -1.36. The van der Waals surface area contributed by atoms with Crippen LogP contribution in [0.2, 0.25) is 0 Å². The first kappa shape index (κ1) is 30.5. The Balaban J connectivity index is 1.86. The zero-order valence-electron chi connectivity index (χ0n) is 22.7. The predicted molar refractivity (Wildman–Crippen MR) is 140 cm³/mol. The standard InChI is InChI=1S/C29H33F3N4O4/c1-29(2,3)40-28(39)35-25(12-18-8-5-4-6-9-18)27(38)34-20(13-19-14-23(31)24(32)16-22(19)30)15-26(37)36-11-7-10-21(36)17-33/h4-6,8-9,14,16,20-21,25H,7,10-13,15H2,1-3H3,(H,34,38)(H,35,39). The van der Waals surface area contributed by atoms with Gasteiger partial charge in [0, 0.05) is 31.5 Å². The van der Waals surface area contributed by atoms with Crippen molar-refractivity contribution in [3.05, 3.63) is 71.0 Å². The molecule has 2 aromatic carbocycles. The number of carbonyl (C=O) groups is 3. The highest BCUT2D eigenvalue weighted by Crippen LogP contribution is 2.21. The molecular weight excluding hydrogens is 525 g/mol. The van der Waals surface area contributed by atoms with E-state index < -0.39 is 59.1 Å². The molecule has 3 rings (SSSR count). The molecule has 0 aromatic heterocycles. The molecule has 3 unspecified atom stereocenters. The molecule has 2 N–H and O–H groups in total. The monoisotopic (exact) mass is 558 g/mol. The van der Waals surface area contributed by atoms with Crippen molar-refractivity contribution in [2.45, 2.75) is 76.6 Å². The number of benzene rings is 2. The second-order valence-corrected chi connectivity index (χ2v) is 10.7. The van der Waals surface area contributed by atoms with Crippen LogP contribution in [0.15, 0.2) is 42.5 Å². The number of likely N-dealkylation sites (tertiary alicyclic amines) is 1. The van der Waals surface area contributed by atoms with Crippen molar-refractivity contribution in [2.24, 2.45) is 0 Å². The molecule has 0 aliphatic carbocycles. The minimum Gasteiger partial charge on any atom is -0.444 e. The predicted octanol–water partition coefficient (Wildman–Crippen LogP) is 4.17. The maximum Gasteiger partial charge on any atom is 0.408 e. The van der Waals surface area contributed by atoms with E-state index in [1.54, 1.807) is 51.1 Å². The van der Waals surface area contributed by atoms with E-state index in [4.69, 9.17) is 4.74 Å². The van der Waals surface area contributed by atoms with Gasteiger partial charge in [-0.15, -0.1) is 0 Å². The van der Waals surface area contributed by atoms with Gasteiger partial charge in [0.25, 0.3) is 0 Å². The fraction of sp³-hybridized carbons (Fsp3) is 0.448.